The minimum Gasteiger partial charge on any atom is -0.481 e. The maximum atomic E-state index is 11.1. The molecule has 0 aliphatic heterocycles. The zero-order chi connectivity index (χ0) is 13.0. The summed E-state index contributed by atoms with van der Waals surface area (Å²) in [4.78, 5) is 11.1. The maximum absolute atomic E-state index is 11.1. The van der Waals surface area contributed by atoms with Crippen molar-refractivity contribution in [1.29, 1.82) is 0 Å². The highest BCUT2D eigenvalue weighted by atomic mass is 16.4. The maximum Gasteiger partial charge on any atom is 0.303 e. The van der Waals surface area contributed by atoms with Crippen molar-refractivity contribution in [2.75, 3.05) is 0 Å². The van der Waals surface area contributed by atoms with Crippen molar-refractivity contribution in [2.45, 2.75) is 58.4 Å². The number of carboxylic acid groups (broad SMARTS) is 1. The Kier molecular flexibility index (Phi) is 3.99. The molecule has 1 aromatic heterocycles. The Balaban J connectivity index is 2.13. The fourth-order valence-corrected chi connectivity index (χ4v) is 3.04. The van der Waals surface area contributed by atoms with Crippen LogP contribution in [0.5, 0.6) is 0 Å². The van der Waals surface area contributed by atoms with E-state index in [0.717, 1.165) is 50.9 Å². The molecule has 0 spiro atoms. The van der Waals surface area contributed by atoms with Gasteiger partial charge in [-0.2, -0.15) is 0 Å². The average Bonchev–Trinajstić information content (AvgIpc) is 2.90. The third-order valence-electron chi connectivity index (χ3n) is 3.88. The Morgan fingerprint density at radius 1 is 1.50 bits per heavy atom. The second-order valence-electron chi connectivity index (χ2n) is 5.39. The molecule has 5 heteroatoms. The number of hydrogen-bond donors (Lipinski definition) is 1. The Labute approximate surface area is 107 Å². The van der Waals surface area contributed by atoms with Crippen molar-refractivity contribution < 1.29 is 9.90 Å². The molecule has 5 nitrogen and oxygen atoms in total. The van der Waals surface area contributed by atoms with Crippen LogP contribution in [0.3, 0.4) is 0 Å². The van der Waals surface area contributed by atoms with Gasteiger partial charge >= 0.3 is 5.97 Å². The van der Waals surface area contributed by atoms with E-state index in [2.05, 4.69) is 21.7 Å². The van der Waals surface area contributed by atoms with Gasteiger partial charge in [-0.05, 0) is 24.7 Å². The molecule has 0 aromatic carbocycles. The minimum absolute atomic E-state index is 0.0929. The largest absolute Gasteiger partial charge is 0.481 e. The van der Waals surface area contributed by atoms with Crippen LogP contribution in [0.15, 0.2) is 6.33 Å². The van der Waals surface area contributed by atoms with Crippen molar-refractivity contribution in [3.63, 3.8) is 0 Å². The van der Waals surface area contributed by atoms with Crippen molar-refractivity contribution in [1.82, 2.24) is 14.8 Å². The molecule has 2 rings (SSSR count). The van der Waals surface area contributed by atoms with E-state index in [1.165, 1.54) is 0 Å². The van der Waals surface area contributed by atoms with Crippen LogP contribution in [0.1, 0.15) is 51.3 Å². The summed E-state index contributed by atoms with van der Waals surface area (Å²) < 4.78 is 2.06. The molecule has 0 bridgehead atoms. The molecular formula is C13H21N3O2. The molecule has 0 saturated heterocycles. The molecule has 1 N–H and O–H groups in total. The first-order valence-corrected chi connectivity index (χ1v) is 6.74. The van der Waals surface area contributed by atoms with E-state index in [1.54, 1.807) is 6.33 Å². The third-order valence-corrected chi connectivity index (χ3v) is 3.88. The highest BCUT2D eigenvalue weighted by Gasteiger charge is 2.37. The summed E-state index contributed by atoms with van der Waals surface area (Å²) in [5, 5.41) is 17.2. The molecular weight excluding hydrogens is 230 g/mol. The minimum atomic E-state index is -0.696. The number of carbonyl (C=O) groups is 1. The summed E-state index contributed by atoms with van der Waals surface area (Å²) in [5.74, 6) is 0.249. The van der Waals surface area contributed by atoms with Gasteiger partial charge < -0.3 is 9.67 Å². The van der Waals surface area contributed by atoms with Gasteiger partial charge in [0.25, 0.3) is 0 Å². The fourth-order valence-electron chi connectivity index (χ4n) is 3.04. The predicted octanol–water partition coefficient (Wildman–Crippen LogP) is 2.27. The molecule has 100 valence electrons. The van der Waals surface area contributed by atoms with Crippen molar-refractivity contribution >= 4 is 5.97 Å². The van der Waals surface area contributed by atoms with Crippen molar-refractivity contribution in [3.8, 4) is 0 Å². The lowest BCUT2D eigenvalue weighted by Gasteiger charge is -2.26. The molecule has 1 aliphatic carbocycles. The summed E-state index contributed by atoms with van der Waals surface area (Å²) >= 11 is 0. The Bertz CT molecular complexity index is 408. The summed E-state index contributed by atoms with van der Waals surface area (Å²) in [7, 11) is 0. The molecule has 0 radical (unpaired) electrons. The number of aliphatic carboxylic acids is 1. The Morgan fingerprint density at radius 2 is 2.22 bits per heavy atom. The second-order valence-corrected chi connectivity index (χ2v) is 5.39. The molecule has 1 aliphatic rings. The van der Waals surface area contributed by atoms with Crippen LogP contribution < -0.4 is 0 Å². The first-order valence-electron chi connectivity index (χ1n) is 6.74. The molecule has 0 atom stereocenters. The zero-order valence-corrected chi connectivity index (χ0v) is 10.9. The highest BCUT2D eigenvalue weighted by molar-refractivity contribution is 5.67. The SMILES string of the molecule is CCCn1cnnc1CC1(CC(=O)O)CCCC1. The van der Waals surface area contributed by atoms with E-state index in [4.69, 9.17) is 5.11 Å². The van der Waals surface area contributed by atoms with Gasteiger partial charge in [-0.1, -0.05) is 19.8 Å². The van der Waals surface area contributed by atoms with Crippen LogP contribution in [-0.4, -0.2) is 25.8 Å². The smallest absolute Gasteiger partial charge is 0.303 e. The lowest BCUT2D eigenvalue weighted by molar-refractivity contribution is -0.139. The molecule has 18 heavy (non-hydrogen) atoms. The Morgan fingerprint density at radius 3 is 2.83 bits per heavy atom. The van der Waals surface area contributed by atoms with Crippen LogP contribution in [0.4, 0.5) is 0 Å². The molecule has 1 saturated carbocycles. The average molecular weight is 251 g/mol. The van der Waals surface area contributed by atoms with Crippen LogP contribution in [0.25, 0.3) is 0 Å². The number of carboxylic acids is 1. The topological polar surface area (TPSA) is 68.0 Å². The number of rotatable bonds is 6. The molecule has 1 heterocycles. The zero-order valence-electron chi connectivity index (χ0n) is 10.9. The Hall–Kier alpha value is -1.39. The van der Waals surface area contributed by atoms with Gasteiger partial charge in [0.05, 0.1) is 6.42 Å². The first kappa shape index (κ1) is 13.1. The highest BCUT2D eigenvalue weighted by Crippen LogP contribution is 2.43. The number of hydrogen-bond acceptors (Lipinski definition) is 3. The van der Waals surface area contributed by atoms with E-state index in [0.29, 0.717) is 0 Å². The van der Waals surface area contributed by atoms with Gasteiger partial charge in [0.15, 0.2) is 0 Å². The molecule has 1 aromatic rings. The number of aryl methyl sites for hydroxylation is 1. The second kappa shape index (κ2) is 5.50. The van der Waals surface area contributed by atoms with Gasteiger partial charge in [0, 0.05) is 13.0 Å². The van der Waals surface area contributed by atoms with E-state index >= 15 is 0 Å². The quantitative estimate of drug-likeness (QED) is 0.842. The third kappa shape index (κ3) is 2.89. The van der Waals surface area contributed by atoms with E-state index in [-0.39, 0.29) is 11.8 Å². The van der Waals surface area contributed by atoms with E-state index in [1.807, 2.05) is 0 Å². The van der Waals surface area contributed by atoms with Crippen LogP contribution >= 0.6 is 0 Å². The summed E-state index contributed by atoms with van der Waals surface area (Å²) in [6.45, 7) is 3.03. The number of nitrogens with zero attached hydrogens (tertiary/aromatic N) is 3. The lowest BCUT2D eigenvalue weighted by atomic mass is 9.79. The van der Waals surface area contributed by atoms with E-state index in [9.17, 15) is 4.79 Å². The van der Waals surface area contributed by atoms with Crippen LogP contribution in [0, 0.1) is 5.41 Å². The molecule has 0 amide bonds. The summed E-state index contributed by atoms with van der Waals surface area (Å²) in [5.41, 5.74) is -0.0929. The molecule has 0 unspecified atom stereocenters. The van der Waals surface area contributed by atoms with Gasteiger partial charge in [-0.15, -0.1) is 10.2 Å². The normalized spacial score (nSPS) is 18.1. The van der Waals surface area contributed by atoms with Gasteiger partial charge in [-0.3, -0.25) is 4.79 Å². The summed E-state index contributed by atoms with van der Waals surface area (Å²) in [6.07, 6.45) is 8.06. The van der Waals surface area contributed by atoms with Gasteiger partial charge in [-0.25, -0.2) is 0 Å². The van der Waals surface area contributed by atoms with Crippen molar-refractivity contribution in [2.24, 2.45) is 5.41 Å². The van der Waals surface area contributed by atoms with Crippen molar-refractivity contribution in [3.05, 3.63) is 12.2 Å². The first-order chi connectivity index (χ1) is 8.65. The fraction of sp³-hybridized carbons (Fsp3) is 0.769. The van der Waals surface area contributed by atoms with Crippen LogP contribution in [-0.2, 0) is 17.8 Å². The molecule has 1 fully saturated rings. The van der Waals surface area contributed by atoms with Gasteiger partial charge in [0.1, 0.15) is 12.2 Å². The number of aromatic nitrogens is 3. The monoisotopic (exact) mass is 251 g/mol. The lowest BCUT2D eigenvalue weighted by Crippen LogP contribution is -2.25. The van der Waals surface area contributed by atoms with E-state index < -0.39 is 5.97 Å². The standard InChI is InChI=1S/C13H21N3O2/c1-2-7-16-10-14-15-11(16)8-13(9-12(17)18)5-3-4-6-13/h10H,2-9H2,1H3,(H,17,18). The summed E-state index contributed by atoms with van der Waals surface area (Å²) in [6, 6.07) is 0. The predicted molar refractivity (Wildman–Crippen MR) is 67.2 cm³/mol. The van der Waals surface area contributed by atoms with Gasteiger partial charge in [0.2, 0.25) is 0 Å². The van der Waals surface area contributed by atoms with Crippen LogP contribution in [0.2, 0.25) is 0 Å².